The molecule has 23 aromatic rings. The summed E-state index contributed by atoms with van der Waals surface area (Å²) in [6, 6.07) is 128. The average molecular weight is 1440 g/mol. The number of fused-ring (bicyclic) bond motifs is 16. The second-order valence-corrected chi connectivity index (χ2v) is 27.9. The molecule has 0 atom stereocenters. The Kier molecular flexibility index (Phi) is 14.9. The highest BCUT2D eigenvalue weighted by atomic mass is 16.3. The number of aromatic nitrogens is 13. The molecule has 0 saturated heterocycles. The van der Waals surface area contributed by atoms with E-state index in [9.17, 15) is 0 Å². The first-order valence-corrected chi connectivity index (χ1v) is 37.3. The summed E-state index contributed by atoms with van der Waals surface area (Å²) in [5, 5.41) is 4.69. The molecule has 14 nitrogen and oxygen atoms in total. The monoisotopic (exact) mass is 1440 g/mol. The highest BCUT2D eigenvalue weighted by molar-refractivity contribution is 6.11. The van der Waals surface area contributed by atoms with Crippen LogP contribution in [-0.2, 0) is 0 Å². The first kappa shape index (κ1) is 63.7. The molecular weight excluding hydrogens is 1380 g/mol. The summed E-state index contributed by atoms with van der Waals surface area (Å²) < 4.78 is 17.5. The predicted molar refractivity (Wildman–Crippen MR) is 451 cm³/mol. The lowest BCUT2D eigenvalue weighted by molar-refractivity contribution is 0.669. The van der Waals surface area contributed by atoms with Gasteiger partial charge < -0.3 is 8.98 Å². The minimum atomic E-state index is 0.616. The molecule has 0 unspecified atom stereocenters. The van der Waals surface area contributed by atoms with Crippen molar-refractivity contribution in [1.82, 2.24) is 62.4 Å². The van der Waals surface area contributed by atoms with Gasteiger partial charge in [-0.3, -0.25) is 17.9 Å². The quantitative estimate of drug-likeness (QED) is 0.124. The van der Waals surface area contributed by atoms with Crippen molar-refractivity contribution in [3.8, 4) is 108 Å². The van der Waals surface area contributed by atoms with Crippen LogP contribution >= 0.6 is 0 Å². The summed E-state index contributed by atoms with van der Waals surface area (Å²) >= 11 is 0. The molecule has 8 aromatic heterocycles. The van der Waals surface area contributed by atoms with Crippen molar-refractivity contribution in [1.29, 1.82) is 0 Å². The maximum Gasteiger partial charge on any atom is 0.220 e. The summed E-state index contributed by atoms with van der Waals surface area (Å²) in [5.74, 6) is 5.48. The molecule has 0 radical (unpaired) electrons. The topological polar surface area (TPSA) is 140 Å². The van der Waals surface area contributed by atoms with Gasteiger partial charge in [-0.05, 0) is 168 Å². The van der Waals surface area contributed by atoms with E-state index in [4.69, 9.17) is 44.3 Å². The average Bonchev–Trinajstić information content (AvgIpc) is 1.56. The summed E-state index contributed by atoms with van der Waals surface area (Å²) in [7, 11) is 0. The Morgan fingerprint density at radius 3 is 0.946 bits per heavy atom. The molecule has 0 fully saturated rings. The van der Waals surface area contributed by atoms with Crippen molar-refractivity contribution < 1.29 is 4.42 Å². The maximum atomic E-state index is 6.12. The normalized spacial score (nSPS) is 11.8. The fourth-order valence-electron chi connectivity index (χ4n) is 16.0. The molecule has 8 heterocycles. The van der Waals surface area contributed by atoms with Crippen LogP contribution in [0.1, 0.15) is 0 Å². The molecule has 0 aliphatic rings. The Bertz CT molecular complexity index is 7480. The van der Waals surface area contributed by atoms with E-state index in [0.29, 0.717) is 34.9 Å². The zero-order valence-corrected chi connectivity index (χ0v) is 59.9. The first-order chi connectivity index (χ1) is 55.5. The molecule has 524 valence electrons. The Labute approximate surface area is 640 Å². The van der Waals surface area contributed by atoms with Crippen molar-refractivity contribution in [2.45, 2.75) is 0 Å². The fourth-order valence-corrected chi connectivity index (χ4v) is 16.0. The van der Waals surface area contributed by atoms with E-state index in [2.05, 4.69) is 247 Å². The SMILES string of the molecule is c1ccc(-c2nc(-c3ccccc3)nc(-c3ccc(-n4c5ccc(-c6ccc7c(c6)c6ccccc6n7-c6ccccc6)cc5n5c6ccccc6nc45)cc3)n2)cc1.c1ccc(-c2nc(-c3ccccc3)nc(-c3ccc(-n4c5ccc(-c6ccc7oc8ccccc8c7c6)cc5n5c6ccccc6nc45)cc3)n2)cc1. The Morgan fingerprint density at radius 1 is 0.179 bits per heavy atom. The van der Waals surface area contributed by atoms with Gasteiger partial charge in [0.15, 0.2) is 34.9 Å². The number of hydrogen-bond acceptors (Lipinski definition) is 9. The molecule has 0 N–H and O–H groups in total. The van der Waals surface area contributed by atoms with E-state index in [1.165, 1.54) is 21.8 Å². The Morgan fingerprint density at radius 2 is 0.491 bits per heavy atom. The Balaban J connectivity index is 0.000000138. The largest absolute Gasteiger partial charge is 0.456 e. The maximum absolute atomic E-state index is 6.12. The molecule has 0 amide bonds. The zero-order valence-electron chi connectivity index (χ0n) is 59.9. The number of hydrogen-bond donors (Lipinski definition) is 0. The number of rotatable bonds is 11. The van der Waals surface area contributed by atoms with Gasteiger partial charge in [0, 0.05) is 72.0 Å². The molecule has 0 aliphatic carbocycles. The molecule has 23 rings (SSSR count). The molecular formula is C98H61N13O. The van der Waals surface area contributed by atoms with Crippen molar-refractivity contribution >= 4 is 99.4 Å². The third-order valence-electron chi connectivity index (χ3n) is 21.3. The molecule has 0 saturated carbocycles. The minimum Gasteiger partial charge on any atom is -0.456 e. The number of furan rings is 1. The summed E-state index contributed by atoms with van der Waals surface area (Å²) in [6.07, 6.45) is 0. The van der Waals surface area contributed by atoms with Gasteiger partial charge >= 0.3 is 0 Å². The van der Waals surface area contributed by atoms with E-state index in [-0.39, 0.29) is 0 Å². The first-order valence-electron chi connectivity index (χ1n) is 37.3. The smallest absolute Gasteiger partial charge is 0.220 e. The molecule has 0 aliphatic heterocycles. The van der Waals surface area contributed by atoms with Crippen LogP contribution in [0, 0.1) is 0 Å². The number of imidazole rings is 4. The summed E-state index contributed by atoms with van der Waals surface area (Å²) in [6.45, 7) is 0. The van der Waals surface area contributed by atoms with E-state index < -0.39 is 0 Å². The van der Waals surface area contributed by atoms with Crippen molar-refractivity contribution in [3.63, 3.8) is 0 Å². The van der Waals surface area contributed by atoms with Gasteiger partial charge in [-0.25, -0.2) is 39.9 Å². The highest BCUT2D eigenvalue weighted by Gasteiger charge is 2.24. The molecule has 14 heteroatoms. The third kappa shape index (κ3) is 10.8. The fraction of sp³-hybridized carbons (Fsp3) is 0. The van der Waals surface area contributed by atoms with Crippen LogP contribution in [-0.4, -0.2) is 62.4 Å². The molecule has 0 bridgehead atoms. The van der Waals surface area contributed by atoms with Crippen LogP contribution in [0.25, 0.3) is 207 Å². The van der Waals surface area contributed by atoms with Gasteiger partial charge in [-0.2, -0.15) is 0 Å². The number of para-hydroxylation sites is 7. The van der Waals surface area contributed by atoms with Crippen LogP contribution in [0.15, 0.2) is 374 Å². The van der Waals surface area contributed by atoms with Crippen LogP contribution in [0.4, 0.5) is 0 Å². The second kappa shape index (κ2) is 26.2. The third-order valence-corrected chi connectivity index (χ3v) is 21.3. The Hall–Kier alpha value is -15.5. The van der Waals surface area contributed by atoms with Crippen molar-refractivity contribution in [2.24, 2.45) is 0 Å². The molecule has 0 spiro atoms. The lowest BCUT2D eigenvalue weighted by Crippen LogP contribution is -2.00. The van der Waals surface area contributed by atoms with Crippen LogP contribution in [0.3, 0.4) is 0 Å². The van der Waals surface area contributed by atoms with Crippen LogP contribution in [0.2, 0.25) is 0 Å². The zero-order chi connectivity index (χ0) is 73.7. The van der Waals surface area contributed by atoms with Gasteiger partial charge in [0.1, 0.15) is 11.2 Å². The number of nitrogens with zero attached hydrogens (tertiary/aromatic N) is 13. The summed E-state index contributed by atoms with van der Waals surface area (Å²) in [4.78, 5) is 39.9. The second-order valence-electron chi connectivity index (χ2n) is 27.9. The van der Waals surface area contributed by atoms with Gasteiger partial charge in [0.05, 0.1) is 55.2 Å². The van der Waals surface area contributed by atoms with Gasteiger partial charge in [0.25, 0.3) is 0 Å². The van der Waals surface area contributed by atoms with E-state index in [1.54, 1.807) is 0 Å². The highest BCUT2D eigenvalue weighted by Crippen LogP contribution is 2.41. The van der Waals surface area contributed by atoms with E-state index in [0.717, 1.165) is 150 Å². The molecule has 112 heavy (non-hydrogen) atoms. The number of benzene rings is 15. The molecule has 15 aromatic carbocycles. The van der Waals surface area contributed by atoms with Crippen LogP contribution in [0.5, 0.6) is 0 Å². The van der Waals surface area contributed by atoms with E-state index in [1.807, 2.05) is 146 Å². The van der Waals surface area contributed by atoms with Gasteiger partial charge in [0.2, 0.25) is 11.6 Å². The lowest BCUT2D eigenvalue weighted by Gasteiger charge is -2.10. The van der Waals surface area contributed by atoms with E-state index >= 15 is 0 Å². The van der Waals surface area contributed by atoms with Crippen molar-refractivity contribution in [3.05, 3.63) is 370 Å². The van der Waals surface area contributed by atoms with Crippen molar-refractivity contribution in [2.75, 3.05) is 0 Å². The minimum absolute atomic E-state index is 0.616. The summed E-state index contributed by atoms with van der Waals surface area (Å²) in [5.41, 5.74) is 25.7. The lowest BCUT2D eigenvalue weighted by atomic mass is 10.0. The van der Waals surface area contributed by atoms with Gasteiger partial charge in [-0.1, -0.05) is 224 Å². The van der Waals surface area contributed by atoms with Gasteiger partial charge in [-0.15, -0.1) is 0 Å². The standard InChI is InChI=1S/C52H33N7.C46H28N6O/c1-4-14-34(15-5-1)49-54-50(35-16-6-2-7-17-35)56-51(55-49)36-24-28-40(29-25-36)58-47-31-27-38(33-48(47)59-46-23-13-11-21-43(46)53-52(58)59)37-26-30-45-42(32-37)41-20-10-12-22-44(41)57(45)39-18-8-3-9-19-39;1-3-11-29(12-4-1)43-48-44(30-13-5-2-6-14-30)50-45(49-43)31-19-23-34(24-20-31)51-39-25-21-33(28-40(39)52-38-17-9-8-16-37(38)47-46(51)52)32-22-26-42-36(27-32)35-15-7-10-18-41(35)53-42/h1-33H;1-28H. The predicted octanol–water partition coefficient (Wildman–Crippen LogP) is 23.6. The van der Waals surface area contributed by atoms with Crippen LogP contribution < -0.4 is 0 Å².